The van der Waals surface area contributed by atoms with Crippen LogP contribution in [0.2, 0.25) is 0 Å². The first-order valence-corrected chi connectivity index (χ1v) is 8.16. The minimum Gasteiger partial charge on any atom is -0.458 e. The number of esters is 2. The van der Waals surface area contributed by atoms with Crippen LogP contribution in [0.1, 0.15) is 47.5 Å². The van der Waals surface area contributed by atoms with E-state index in [-0.39, 0.29) is 23.3 Å². The summed E-state index contributed by atoms with van der Waals surface area (Å²) in [5, 5.41) is 0. The normalized spacial score (nSPS) is 30.0. The van der Waals surface area contributed by atoms with Crippen LogP contribution in [-0.4, -0.2) is 23.8 Å². The average molecular weight is 332 g/mol. The first kappa shape index (κ1) is 18.2. The topological polar surface area (TPSA) is 69.7 Å². The zero-order valence-corrected chi connectivity index (χ0v) is 14.8. The molecule has 0 aromatic rings. The Morgan fingerprint density at radius 1 is 1.21 bits per heavy atom. The Labute approximate surface area is 142 Å². The van der Waals surface area contributed by atoms with E-state index in [1.807, 2.05) is 6.08 Å². The van der Waals surface area contributed by atoms with E-state index < -0.39 is 5.97 Å². The van der Waals surface area contributed by atoms with E-state index in [4.69, 9.17) is 9.47 Å². The number of hydrogen-bond acceptors (Lipinski definition) is 5. The molecule has 3 atom stereocenters. The zero-order chi connectivity index (χ0) is 18.1. The first-order valence-electron chi connectivity index (χ1n) is 8.16. The second-order valence-corrected chi connectivity index (χ2v) is 6.79. The molecule has 5 heteroatoms. The highest BCUT2D eigenvalue weighted by Crippen LogP contribution is 2.50. The molecule has 2 rings (SSSR count). The van der Waals surface area contributed by atoms with Crippen LogP contribution in [0.25, 0.3) is 0 Å². The maximum absolute atomic E-state index is 12.5. The molecule has 130 valence electrons. The number of rotatable bonds is 3. The third-order valence-electron chi connectivity index (χ3n) is 4.99. The molecule has 0 saturated heterocycles. The molecule has 0 radical (unpaired) electrons. The molecule has 24 heavy (non-hydrogen) atoms. The van der Waals surface area contributed by atoms with Crippen LogP contribution in [0, 0.1) is 11.3 Å². The highest BCUT2D eigenvalue weighted by Gasteiger charge is 2.45. The molecule has 0 aromatic heterocycles. The molecule has 0 aliphatic heterocycles. The summed E-state index contributed by atoms with van der Waals surface area (Å²) >= 11 is 0. The van der Waals surface area contributed by atoms with Gasteiger partial charge in [0.05, 0.1) is 6.26 Å². The lowest BCUT2D eigenvalue weighted by Gasteiger charge is -2.45. The SMILES string of the molecule is CC(=O)O/C=C(\C)C1=C[C@@]2(C)C(=CC1=O)[C@@H](OC(C)=O)CC[C@@H]2C. The van der Waals surface area contributed by atoms with Crippen molar-refractivity contribution in [1.82, 2.24) is 0 Å². The van der Waals surface area contributed by atoms with Gasteiger partial charge in [-0.2, -0.15) is 0 Å². The van der Waals surface area contributed by atoms with E-state index in [1.54, 1.807) is 13.0 Å². The predicted octanol–water partition coefficient (Wildman–Crippen LogP) is 3.26. The summed E-state index contributed by atoms with van der Waals surface area (Å²) in [6.07, 6.45) is 6.09. The van der Waals surface area contributed by atoms with Gasteiger partial charge in [0.2, 0.25) is 0 Å². The molecule has 0 heterocycles. The maximum atomic E-state index is 12.5. The molecule has 1 fully saturated rings. The summed E-state index contributed by atoms with van der Waals surface area (Å²) in [6.45, 7) is 8.63. The van der Waals surface area contributed by atoms with Gasteiger partial charge in [-0.25, -0.2) is 0 Å². The van der Waals surface area contributed by atoms with E-state index in [9.17, 15) is 14.4 Å². The van der Waals surface area contributed by atoms with Crippen molar-refractivity contribution in [2.24, 2.45) is 11.3 Å². The van der Waals surface area contributed by atoms with E-state index >= 15 is 0 Å². The number of hydrogen-bond donors (Lipinski definition) is 0. The van der Waals surface area contributed by atoms with Crippen LogP contribution >= 0.6 is 0 Å². The third-order valence-corrected chi connectivity index (χ3v) is 4.99. The average Bonchev–Trinajstić information content (AvgIpc) is 2.49. The van der Waals surface area contributed by atoms with Crippen molar-refractivity contribution in [3.63, 3.8) is 0 Å². The number of allylic oxidation sites excluding steroid dienone is 4. The quantitative estimate of drug-likeness (QED) is 0.586. The Morgan fingerprint density at radius 3 is 2.46 bits per heavy atom. The number of carbonyl (C=O) groups is 3. The summed E-state index contributed by atoms with van der Waals surface area (Å²) in [5.41, 5.74) is 1.62. The molecule has 0 aromatic carbocycles. The van der Waals surface area contributed by atoms with Gasteiger partial charge in [-0.15, -0.1) is 0 Å². The van der Waals surface area contributed by atoms with Crippen molar-refractivity contribution in [1.29, 1.82) is 0 Å². The first-order chi connectivity index (χ1) is 11.1. The largest absolute Gasteiger partial charge is 0.458 e. The van der Waals surface area contributed by atoms with Crippen molar-refractivity contribution in [3.05, 3.63) is 35.1 Å². The van der Waals surface area contributed by atoms with Gasteiger partial charge < -0.3 is 9.47 Å². The second-order valence-electron chi connectivity index (χ2n) is 6.79. The van der Waals surface area contributed by atoms with Crippen LogP contribution in [0.4, 0.5) is 0 Å². The minimum absolute atomic E-state index is 0.158. The van der Waals surface area contributed by atoms with Gasteiger partial charge >= 0.3 is 11.9 Å². The van der Waals surface area contributed by atoms with E-state index in [2.05, 4.69) is 13.8 Å². The van der Waals surface area contributed by atoms with Crippen LogP contribution in [-0.2, 0) is 23.9 Å². The molecule has 0 bridgehead atoms. The molecule has 0 spiro atoms. The molecule has 2 aliphatic rings. The Morgan fingerprint density at radius 2 is 1.88 bits per heavy atom. The van der Waals surface area contributed by atoms with Crippen LogP contribution in [0.15, 0.2) is 35.1 Å². The lowest BCUT2D eigenvalue weighted by molar-refractivity contribution is -0.146. The van der Waals surface area contributed by atoms with Crippen LogP contribution in [0.3, 0.4) is 0 Å². The summed E-state index contributed by atoms with van der Waals surface area (Å²) < 4.78 is 10.3. The van der Waals surface area contributed by atoms with Gasteiger partial charge in [-0.3, -0.25) is 14.4 Å². The fourth-order valence-corrected chi connectivity index (χ4v) is 3.42. The molecule has 5 nitrogen and oxygen atoms in total. The Bertz CT molecular complexity index is 667. The fraction of sp³-hybridized carbons (Fsp3) is 0.526. The summed E-state index contributed by atoms with van der Waals surface area (Å²) in [7, 11) is 0. The summed E-state index contributed by atoms with van der Waals surface area (Å²) in [6, 6.07) is 0. The summed E-state index contributed by atoms with van der Waals surface area (Å²) in [4.78, 5) is 34.9. The molecule has 0 amide bonds. The molecule has 2 aliphatic carbocycles. The number of ketones is 1. The monoisotopic (exact) mass is 332 g/mol. The lowest BCUT2D eigenvalue weighted by Crippen LogP contribution is -2.41. The number of fused-ring (bicyclic) bond motifs is 1. The van der Waals surface area contributed by atoms with Crippen molar-refractivity contribution in [2.75, 3.05) is 0 Å². The highest BCUT2D eigenvalue weighted by molar-refractivity contribution is 6.09. The molecule has 0 N–H and O–H groups in total. The summed E-state index contributed by atoms with van der Waals surface area (Å²) in [5.74, 6) is -0.623. The standard InChI is InChI=1S/C19H24O5/c1-11(10-23-13(3)20)15-9-19(5)12(2)6-7-18(24-14(4)21)16(19)8-17(15)22/h8-10,12,18H,6-7H2,1-5H3/b11-10+/t12-,18-,19+/m0/s1. The van der Waals surface area contributed by atoms with Gasteiger partial charge in [0.15, 0.2) is 5.78 Å². The Hall–Kier alpha value is -2.17. The number of ether oxygens (including phenoxy) is 2. The van der Waals surface area contributed by atoms with E-state index in [0.29, 0.717) is 17.1 Å². The molecular weight excluding hydrogens is 308 g/mol. The Kier molecular flexibility index (Phi) is 5.11. The minimum atomic E-state index is -0.429. The maximum Gasteiger partial charge on any atom is 0.307 e. The third kappa shape index (κ3) is 3.50. The highest BCUT2D eigenvalue weighted by atomic mass is 16.5. The van der Waals surface area contributed by atoms with Gasteiger partial charge in [0, 0.05) is 24.8 Å². The zero-order valence-electron chi connectivity index (χ0n) is 14.8. The van der Waals surface area contributed by atoms with Gasteiger partial charge in [-0.05, 0) is 42.9 Å². The van der Waals surface area contributed by atoms with Gasteiger partial charge in [-0.1, -0.05) is 19.9 Å². The van der Waals surface area contributed by atoms with Crippen LogP contribution < -0.4 is 0 Å². The second kappa shape index (κ2) is 6.75. The van der Waals surface area contributed by atoms with Crippen molar-refractivity contribution in [3.8, 4) is 0 Å². The molecule has 0 unspecified atom stereocenters. The Balaban J connectivity index is 2.40. The van der Waals surface area contributed by atoms with Crippen molar-refractivity contribution in [2.45, 2.75) is 53.6 Å². The fourth-order valence-electron chi connectivity index (χ4n) is 3.42. The smallest absolute Gasteiger partial charge is 0.307 e. The van der Waals surface area contributed by atoms with E-state index in [1.165, 1.54) is 20.1 Å². The van der Waals surface area contributed by atoms with Gasteiger partial charge in [0.25, 0.3) is 0 Å². The molecular formula is C19H24O5. The molecule has 1 saturated carbocycles. The van der Waals surface area contributed by atoms with Crippen molar-refractivity contribution < 1.29 is 23.9 Å². The van der Waals surface area contributed by atoms with Crippen molar-refractivity contribution >= 4 is 17.7 Å². The lowest BCUT2D eigenvalue weighted by atomic mass is 9.61. The van der Waals surface area contributed by atoms with Crippen LogP contribution in [0.5, 0.6) is 0 Å². The van der Waals surface area contributed by atoms with E-state index in [0.717, 1.165) is 18.4 Å². The predicted molar refractivity (Wildman–Crippen MR) is 88.8 cm³/mol. The van der Waals surface area contributed by atoms with Gasteiger partial charge in [0.1, 0.15) is 6.10 Å². The number of carbonyl (C=O) groups excluding carboxylic acids is 3.